The van der Waals surface area contributed by atoms with Gasteiger partial charge in [0, 0.05) is 11.0 Å². The second kappa shape index (κ2) is 9.84. The number of ether oxygens (including phenoxy) is 1. The van der Waals surface area contributed by atoms with Crippen molar-refractivity contribution in [3.05, 3.63) is 46.1 Å². The lowest BCUT2D eigenvalue weighted by molar-refractivity contribution is -0.113. The Morgan fingerprint density at radius 2 is 1.94 bits per heavy atom. The molecule has 10 heteroatoms. The summed E-state index contributed by atoms with van der Waals surface area (Å²) >= 11 is 8.69. The van der Waals surface area contributed by atoms with Gasteiger partial charge in [0.15, 0.2) is 0 Å². The molecule has 0 saturated carbocycles. The molecule has 0 saturated heterocycles. The van der Waals surface area contributed by atoms with Crippen LogP contribution in [0.3, 0.4) is 0 Å². The molecule has 31 heavy (non-hydrogen) atoms. The Hall–Kier alpha value is -2.36. The topological polar surface area (TPSA) is 94.3 Å². The highest BCUT2D eigenvalue weighted by atomic mass is 35.5. The van der Waals surface area contributed by atoms with Crippen LogP contribution in [0.1, 0.15) is 43.9 Å². The molecular formula is C21H22ClN3O4S2. The van der Waals surface area contributed by atoms with E-state index in [-0.39, 0.29) is 29.2 Å². The van der Waals surface area contributed by atoms with Gasteiger partial charge in [-0.25, -0.2) is 4.79 Å². The number of thioether (sulfide) groups is 1. The van der Waals surface area contributed by atoms with Crippen LogP contribution >= 0.6 is 34.7 Å². The van der Waals surface area contributed by atoms with Crippen LogP contribution in [-0.4, -0.2) is 34.4 Å². The van der Waals surface area contributed by atoms with Crippen LogP contribution in [0, 0.1) is 0 Å². The van der Waals surface area contributed by atoms with Crippen LogP contribution in [0.15, 0.2) is 40.0 Å². The van der Waals surface area contributed by atoms with E-state index in [1.54, 1.807) is 6.92 Å². The summed E-state index contributed by atoms with van der Waals surface area (Å²) < 4.78 is 11.2. The molecule has 1 aromatic carbocycles. The van der Waals surface area contributed by atoms with Gasteiger partial charge in [0.1, 0.15) is 14.9 Å². The van der Waals surface area contributed by atoms with Gasteiger partial charge in [-0.05, 0) is 12.5 Å². The Kier molecular flexibility index (Phi) is 7.40. The Morgan fingerprint density at radius 3 is 2.55 bits per heavy atom. The van der Waals surface area contributed by atoms with Gasteiger partial charge in [-0.1, -0.05) is 74.5 Å². The first-order valence-corrected chi connectivity index (χ1v) is 11.7. The average Bonchev–Trinajstić information content (AvgIpc) is 3.31. The second-order valence-corrected chi connectivity index (χ2v) is 10.1. The van der Waals surface area contributed by atoms with Crippen molar-refractivity contribution >= 4 is 51.6 Å². The molecule has 1 amide bonds. The monoisotopic (exact) mass is 479 g/mol. The summed E-state index contributed by atoms with van der Waals surface area (Å²) in [7, 11) is 0. The first kappa shape index (κ1) is 23.3. The van der Waals surface area contributed by atoms with E-state index in [0.29, 0.717) is 26.0 Å². The number of carbonyl (C=O) groups excluding carboxylic acids is 2. The first-order chi connectivity index (χ1) is 14.7. The van der Waals surface area contributed by atoms with E-state index in [1.807, 2.05) is 51.1 Å². The minimum absolute atomic E-state index is 0.0320. The maximum Gasteiger partial charge on any atom is 0.341 e. The molecular weight excluding hydrogens is 458 g/mol. The molecule has 0 fully saturated rings. The molecule has 0 atom stereocenters. The highest BCUT2D eigenvalue weighted by Gasteiger charge is 2.27. The second-order valence-electron chi connectivity index (χ2n) is 7.50. The number of halogens is 1. The van der Waals surface area contributed by atoms with Crippen LogP contribution in [0.4, 0.5) is 5.00 Å². The van der Waals surface area contributed by atoms with Crippen molar-refractivity contribution in [1.29, 1.82) is 0 Å². The quantitative estimate of drug-likeness (QED) is 0.345. The van der Waals surface area contributed by atoms with Gasteiger partial charge in [-0.15, -0.1) is 21.5 Å². The van der Waals surface area contributed by atoms with E-state index in [9.17, 15) is 9.59 Å². The molecule has 0 bridgehead atoms. The molecule has 1 N–H and O–H groups in total. The fourth-order valence-electron chi connectivity index (χ4n) is 2.61. The van der Waals surface area contributed by atoms with Gasteiger partial charge < -0.3 is 14.5 Å². The molecule has 0 spiro atoms. The van der Waals surface area contributed by atoms with Crippen molar-refractivity contribution in [1.82, 2.24) is 10.2 Å². The number of nitrogens with one attached hydrogen (secondary N) is 1. The Bertz CT molecular complexity index is 1070. The predicted molar refractivity (Wildman–Crippen MR) is 123 cm³/mol. The predicted octanol–water partition coefficient (Wildman–Crippen LogP) is 5.66. The number of esters is 1. The fourth-order valence-corrected chi connectivity index (χ4v) is 4.57. The summed E-state index contributed by atoms with van der Waals surface area (Å²) in [6.45, 7) is 7.81. The summed E-state index contributed by atoms with van der Waals surface area (Å²) in [6, 6.07) is 9.27. The van der Waals surface area contributed by atoms with Crippen LogP contribution in [-0.2, 0) is 14.9 Å². The highest BCUT2D eigenvalue weighted by Crippen LogP contribution is 2.44. The van der Waals surface area contributed by atoms with Crippen molar-refractivity contribution in [2.24, 2.45) is 0 Å². The third-order valence-electron chi connectivity index (χ3n) is 4.04. The zero-order valence-electron chi connectivity index (χ0n) is 17.5. The third kappa shape index (κ3) is 5.66. The summed E-state index contributed by atoms with van der Waals surface area (Å²) in [5.74, 6) is -0.343. The number of rotatable bonds is 7. The molecule has 3 rings (SSSR count). The largest absolute Gasteiger partial charge is 0.462 e. The number of aromatic nitrogens is 2. The number of hydrogen-bond donors (Lipinski definition) is 1. The van der Waals surface area contributed by atoms with Crippen molar-refractivity contribution in [3.8, 4) is 11.1 Å². The number of nitrogens with zero attached hydrogens (tertiary/aromatic N) is 2. The minimum Gasteiger partial charge on any atom is -0.462 e. The SMILES string of the molecule is CCOC(=O)c1c(NC(=O)CSc2nnc(C(C)(C)C)o2)sc(Cl)c1-c1ccccc1. The lowest BCUT2D eigenvalue weighted by atomic mass is 9.97. The van der Waals surface area contributed by atoms with Gasteiger partial charge in [0.05, 0.1) is 12.4 Å². The molecule has 0 aliphatic rings. The zero-order chi connectivity index (χ0) is 22.6. The zero-order valence-corrected chi connectivity index (χ0v) is 19.9. The van der Waals surface area contributed by atoms with E-state index in [4.69, 9.17) is 20.8 Å². The van der Waals surface area contributed by atoms with E-state index in [1.165, 1.54) is 0 Å². The van der Waals surface area contributed by atoms with Crippen molar-refractivity contribution in [3.63, 3.8) is 0 Å². The maximum atomic E-state index is 12.7. The number of anilines is 1. The standard InChI is InChI=1S/C21H22ClN3O4S2/c1-5-28-18(27)15-14(12-9-7-6-8-10-12)16(22)31-17(15)23-13(26)11-30-20-25-24-19(29-20)21(2,3)4/h6-10H,5,11H2,1-4H3,(H,23,26). The van der Waals surface area contributed by atoms with Gasteiger partial charge in [0.2, 0.25) is 11.8 Å². The van der Waals surface area contributed by atoms with E-state index < -0.39 is 5.97 Å². The number of hydrogen-bond acceptors (Lipinski definition) is 8. The molecule has 0 aliphatic heterocycles. The number of amides is 1. The van der Waals surface area contributed by atoms with Crippen molar-refractivity contribution in [2.75, 3.05) is 17.7 Å². The number of carbonyl (C=O) groups is 2. The number of benzene rings is 1. The molecule has 0 unspecified atom stereocenters. The highest BCUT2D eigenvalue weighted by molar-refractivity contribution is 7.99. The molecule has 0 aliphatic carbocycles. The Morgan fingerprint density at radius 1 is 1.23 bits per heavy atom. The lowest BCUT2D eigenvalue weighted by Gasteiger charge is -2.10. The molecule has 3 aromatic rings. The summed E-state index contributed by atoms with van der Waals surface area (Å²) in [4.78, 5) is 25.2. The number of thiophene rings is 1. The van der Waals surface area contributed by atoms with Gasteiger partial charge in [-0.3, -0.25) is 4.79 Å². The summed E-state index contributed by atoms with van der Waals surface area (Å²) in [5, 5.41) is 11.4. The van der Waals surface area contributed by atoms with Crippen molar-refractivity contribution < 1.29 is 18.7 Å². The Labute approximate surface area is 193 Å². The molecule has 0 radical (unpaired) electrons. The van der Waals surface area contributed by atoms with Crippen LogP contribution in [0.25, 0.3) is 11.1 Å². The maximum absolute atomic E-state index is 12.7. The van der Waals surface area contributed by atoms with E-state index in [2.05, 4.69) is 15.5 Å². The molecule has 2 heterocycles. The average molecular weight is 480 g/mol. The molecule has 164 valence electrons. The molecule has 7 nitrogen and oxygen atoms in total. The Balaban J connectivity index is 1.79. The normalized spacial score (nSPS) is 11.4. The van der Waals surface area contributed by atoms with Crippen molar-refractivity contribution in [2.45, 2.75) is 38.3 Å². The van der Waals surface area contributed by atoms with Crippen LogP contribution < -0.4 is 5.32 Å². The van der Waals surface area contributed by atoms with Crippen LogP contribution in [0.2, 0.25) is 4.34 Å². The van der Waals surface area contributed by atoms with E-state index in [0.717, 1.165) is 28.7 Å². The third-order valence-corrected chi connectivity index (χ3v) is 6.17. The summed E-state index contributed by atoms with van der Waals surface area (Å²) in [5.41, 5.74) is 1.28. The lowest BCUT2D eigenvalue weighted by Crippen LogP contribution is -2.16. The van der Waals surface area contributed by atoms with E-state index >= 15 is 0 Å². The van der Waals surface area contributed by atoms with Crippen LogP contribution in [0.5, 0.6) is 0 Å². The van der Waals surface area contributed by atoms with Gasteiger partial charge in [0.25, 0.3) is 5.22 Å². The smallest absolute Gasteiger partial charge is 0.341 e. The van der Waals surface area contributed by atoms with Gasteiger partial charge >= 0.3 is 5.97 Å². The minimum atomic E-state index is -0.542. The molecule has 2 aromatic heterocycles. The fraction of sp³-hybridized carbons (Fsp3) is 0.333. The van der Waals surface area contributed by atoms with Gasteiger partial charge in [-0.2, -0.15) is 0 Å². The first-order valence-electron chi connectivity index (χ1n) is 9.52. The summed E-state index contributed by atoms with van der Waals surface area (Å²) in [6.07, 6.45) is 0.